The fraction of sp³-hybridized carbons (Fsp3) is 0.400. The van der Waals surface area contributed by atoms with Crippen LogP contribution in [-0.2, 0) is 13.5 Å². The summed E-state index contributed by atoms with van der Waals surface area (Å²) < 4.78 is 1.81. The molecule has 0 spiro atoms. The van der Waals surface area contributed by atoms with E-state index < -0.39 is 0 Å². The minimum absolute atomic E-state index is 0.136. The number of benzene rings is 1. The van der Waals surface area contributed by atoms with Crippen molar-refractivity contribution in [3.05, 3.63) is 47.3 Å². The van der Waals surface area contributed by atoms with Gasteiger partial charge in [-0.05, 0) is 44.0 Å². The van der Waals surface area contributed by atoms with Gasteiger partial charge >= 0.3 is 0 Å². The van der Waals surface area contributed by atoms with E-state index in [0.717, 1.165) is 24.1 Å². The molecule has 0 saturated carbocycles. The summed E-state index contributed by atoms with van der Waals surface area (Å²) >= 11 is 0. The molecule has 0 aliphatic heterocycles. The Balaban J connectivity index is 1.88. The van der Waals surface area contributed by atoms with Crippen LogP contribution in [-0.4, -0.2) is 21.4 Å². The summed E-state index contributed by atoms with van der Waals surface area (Å²) in [7, 11) is 1.92. The molecule has 0 bridgehead atoms. The average Bonchev–Trinajstić information content (AvgIpc) is 2.75. The van der Waals surface area contributed by atoms with Gasteiger partial charge in [-0.1, -0.05) is 12.1 Å². The third-order valence-corrected chi connectivity index (χ3v) is 3.27. The Morgan fingerprint density at radius 1 is 1.42 bits per heavy atom. The highest BCUT2D eigenvalue weighted by Crippen LogP contribution is 2.24. The highest BCUT2D eigenvalue weighted by molar-refractivity contribution is 5.37. The Kier molecular flexibility index (Phi) is 4.22. The Morgan fingerprint density at radius 2 is 2.21 bits per heavy atom. The molecule has 4 heteroatoms. The standard InChI is InChI=1S/C15H21N3O/c1-11-4-5-14(15(19)8-11)12(2)16-7-6-13-9-17-18(3)10-13/h4-5,8-10,12,16,19H,6-7H2,1-3H3. The quantitative estimate of drug-likeness (QED) is 0.866. The van der Waals surface area contributed by atoms with Gasteiger partial charge in [-0.3, -0.25) is 4.68 Å². The van der Waals surface area contributed by atoms with Crippen LogP contribution >= 0.6 is 0 Å². The molecule has 2 N–H and O–H groups in total. The lowest BCUT2D eigenvalue weighted by Gasteiger charge is -2.15. The predicted molar refractivity (Wildman–Crippen MR) is 76.2 cm³/mol. The summed E-state index contributed by atoms with van der Waals surface area (Å²) in [5.74, 6) is 0.362. The number of phenolic OH excluding ortho intramolecular Hbond substituents is 1. The summed E-state index contributed by atoms with van der Waals surface area (Å²) in [6.45, 7) is 4.90. The lowest BCUT2D eigenvalue weighted by Crippen LogP contribution is -2.21. The summed E-state index contributed by atoms with van der Waals surface area (Å²) in [5, 5.41) is 17.5. The number of aromatic hydroxyl groups is 1. The summed E-state index contributed by atoms with van der Waals surface area (Å²) in [4.78, 5) is 0. The smallest absolute Gasteiger partial charge is 0.120 e. The van der Waals surface area contributed by atoms with Crippen molar-refractivity contribution in [2.45, 2.75) is 26.3 Å². The van der Waals surface area contributed by atoms with E-state index in [2.05, 4.69) is 17.3 Å². The van der Waals surface area contributed by atoms with Crippen LogP contribution in [0.5, 0.6) is 5.75 Å². The average molecular weight is 259 g/mol. The van der Waals surface area contributed by atoms with Crippen molar-refractivity contribution >= 4 is 0 Å². The third-order valence-electron chi connectivity index (χ3n) is 3.27. The van der Waals surface area contributed by atoms with Crippen molar-refractivity contribution in [3.8, 4) is 5.75 Å². The van der Waals surface area contributed by atoms with E-state index in [1.165, 1.54) is 5.56 Å². The second-order valence-electron chi connectivity index (χ2n) is 5.01. The van der Waals surface area contributed by atoms with Crippen molar-refractivity contribution in [3.63, 3.8) is 0 Å². The number of nitrogens with one attached hydrogen (secondary N) is 1. The van der Waals surface area contributed by atoms with Gasteiger partial charge in [0.1, 0.15) is 5.75 Å². The molecule has 0 radical (unpaired) electrons. The Labute approximate surface area is 114 Å². The Hall–Kier alpha value is -1.81. The molecule has 1 unspecified atom stereocenters. The molecule has 0 fully saturated rings. The molecular formula is C15H21N3O. The van der Waals surface area contributed by atoms with Gasteiger partial charge in [0.2, 0.25) is 0 Å². The van der Waals surface area contributed by atoms with E-state index in [1.807, 2.05) is 43.2 Å². The predicted octanol–water partition coefficient (Wildman–Crippen LogP) is 2.33. The van der Waals surface area contributed by atoms with Gasteiger partial charge in [0.05, 0.1) is 6.20 Å². The normalized spacial score (nSPS) is 12.6. The van der Waals surface area contributed by atoms with Crippen molar-refractivity contribution in [2.75, 3.05) is 6.54 Å². The van der Waals surface area contributed by atoms with Crippen LogP contribution < -0.4 is 5.32 Å². The molecule has 0 aliphatic carbocycles. The van der Waals surface area contributed by atoms with Crippen molar-refractivity contribution < 1.29 is 5.11 Å². The van der Waals surface area contributed by atoms with Crippen LogP contribution in [0.25, 0.3) is 0 Å². The van der Waals surface area contributed by atoms with Crippen LogP contribution in [0.2, 0.25) is 0 Å². The van der Waals surface area contributed by atoms with Gasteiger partial charge in [-0.2, -0.15) is 5.10 Å². The number of phenols is 1. The number of aryl methyl sites for hydroxylation is 2. The minimum Gasteiger partial charge on any atom is -0.508 e. The zero-order valence-electron chi connectivity index (χ0n) is 11.7. The van der Waals surface area contributed by atoms with E-state index in [1.54, 1.807) is 6.07 Å². The second-order valence-corrected chi connectivity index (χ2v) is 5.01. The fourth-order valence-electron chi connectivity index (χ4n) is 2.16. The zero-order valence-corrected chi connectivity index (χ0v) is 11.7. The molecule has 102 valence electrons. The van der Waals surface area contributed by atoms with Crippen LogP contribution in [0.1, 0.15) is 29.7 Å². The molecule has 0 amide bonds. The molecule has 0 aliphatic rings. The number of nitrogens with zero attached hydrogens (tertiary/aromatic N) is 2. The van der Waals surface area contributed by atoms with Crippen molar-refractivity contribution in [1.82, 2.24) is 15.1 Å². The largest absolute Gasteiger partial charge is 0.508 e. The molecule has 0 saturated heterocycles. The number of rotatable bonds is 5. The van der Waals surface area contributed by atoms with Gasteiger partial charge in [-0.25, -0.2) is 0 Å². The lowest BCUT2D eigenvalue weighted by molar-refractivity contribution is 0.452. The van der Waals surface area contributed by atoms with Crippen LogP contribution in [0.15, 0.2) is 30.6 Å². The van der Waals surface area contributed by atoms with E-state index in [4.69, 9.17) is 0 Å². The maximum Gasteiger partial charge on any atom is 0.120 e. The summed E-state index contributed by atoms with van der Waals surface area (Å²) in [5.41, 5.74) is 3.23. The molecule has 1 heterocycles. The first-order valence-corrected chi connectivity index (χ1v) is 6.56. The van der Waals surface area contributed by atoms with Gasteiger partial charge < -0.3 is 10.4 Å². The maximum absolute atomic E-state index is 9.93. The fourth-order valence-corrected chi connectivity index (χ4v) is 2.16. The molecule has 1 aromatic heterocycles. The van der Waals surface area contributed by atoms with Crippen LogP contribution in [0.3, 0.4) is 0 Å². The molecule has 4 nitrogen and oxygen atoms in total. The molecule has 2 rings (SSSR count). The number of aromatic nitrogens is 2. The maximum atomic E-state index is 9.93. The first-order chi connectivity index (χ1) is 9.06. The summed E-state index contributed by atoms with van der Waals surface area (Å²) in [6, 6.07) is 5.94. The summed E-state index contributed by atoms with van der Waals surface area (Å²) in [6.07, 6.45) is 4.84. The highest BCUT2D eigenvalue weighted by Gasteiger charge is 2.09. The van der Waals surface area contributed by atoms with Crippen LogP contribution in [0.4, 0.5) is 0 Å². The minimum atomic E-state index is 0.136. The Bertz CT molecular complexity index is 548. The molecule has 2 aromatic rings. The zero-order chi connectivity index (χ0) is 13.8. The van der Waals surface area contributed by atoms with E-state index in [-0.39, 0.29) is 6.04 Å². The first kappa shape index (κ1) is 13.6. The van der Waals surface area contributed by atoms with Gasteiger partial charge in [0.15, 0.2) is 0 Å². The first-order valence-electron chi connectivity index (χ1n) is 6.56. The van der Waals surface area contributed by atoms with E-state index in [9.17, 15) is 5.11 Å². The SMILES string of the molecule is Cc1ccc(C(C)NCCc2cnn(C)c2)c(O)c1. The monoisotopic (exact) mass is 259 g/mol. The third kappa shape index (κ3) is 3.58. The van der Waals surface area contributed by atoms with E-state index in [0.29, 0.717) is 5.75 Å². The topological polar surface area (TPSA) is 50.1 Å². The van der Waals surface area contributed by atoms with Gasteiger partial charge in [0.25, 0.3) is 0 Å². The Morgan fingerprint density at radius 3 is 2.84 bits per heavy atom. The van der Waals surface area contributed by atoms with Gasteiger partial charge in [0, 0.05) is 24.8 Å². The number of hydrogen-bond donors (Lipinski definition) is 2. The second kappa shape index (κ2) is 5.89. The van der Waals surface area contributed by atoms with Crippen molar-refractivity contribution in [2.24, 2.45) is 7.05 Å². The van der Waals surface area contributed by atoms with Gasteiger partial charge in [-0.15, -0.1) is 0 Å². The van der Waals surface area contributed by atoms with Crippen molar-refractivity contribution in [1.29, 1.82) is 0 Å². The number of hydrogen-bond acceptors (Lipinski definition) is 3. The highest BCUT2D eigenvalue weighted by atomic mass is 16.3. The van der Waals surface area contributed by atoms with Crippen LogP contribution in [0, 0.1) is 6.92 Å². The molecule has 1 atom stereocenters. The van der Waals surface area contributed by atoms with E-state index >= 15 is 0 Å². The lowest BCUT2D eigenvalue weighted by atomic mass is 10.0. The molecule has 19 heavy (non-hydrogen) atoms. The molecular weight excluding hydrogens is 238 g/mol. The molecule has 1 aromatic carbocycles.